The van der Waals surface area contributed by atoms with Crippen molar-refractivity contribution in [1.29, 1.82) is 0 Å². The predicted octanol–water partition coefficient (Wildman–Crippen LogP) is 0.988. The molecule has 1 amide bonds. The van der Waals surface area contributed by atoms with E-state index in [4.69, 9.17) is 4.74 Å². The van der Waals surface area contributed by atoms with Crippen LogP contribution < -0.4 is 10.2 Å². The van der Waals surface area contributed by atoms with Crippen molar-refractivity contribution >= 4 is 11.9 Å². The zero-order valence-corrected chi connectivity index (χ0v) is 12.4. The van der Waals surface area contributed by atoms with E-state index in [1.807, 2.05) is 6.07 Å². The van der Waals surface area contributed by atoms with Gasteiger partial charge in [0, 0.05) is 32.5 Å². The molecule has 0 bridgehead atoms. The number of piperidine rings is 1. The Morgan fingerprint density at radius 3 is 2.62 bits per heavy atom. The summed E-state index contributed by atoms with van der Waals surface area (Å²) < 4.78 is 5.80. The number of nitrogens with zero attached hydrogens (tertiary/aromatic N) is 3. The summed E-state index contributed by atoms with van der Waals surface area (Å²) in [5.41, 5.74) is 0.232. The fourth-order valence-electron chi connectivity index (χ4n) is 3.27. The number of carbonyl (C=O) groups excluding carboxylic acids is 1. The van der Waals surface area contributed by atoms with Crippen molar-refractivity contribution in [1.82, 2.24) is 15.3 Å². The summed E-state index contributed by atoms with van der Waals surface area (Å²) in [7, 11) is 1.66. The molecule has 21 heavy (non-hydrogen) atoms. The van der Waals surface area contributed by atoms with Gasteiger partial charge in [0.25, 0.3) is 0 Å². The minimum atomic E-state index is -0.267. The molecule has 2 aliphatic heterocycles. The van der Waals surface area contributed by atoms with Crippen LogP contribution in [0.4, 0.5) is 5.95 Å². The van der Waals surface area contributed by atoms with Crippen molar-refractivity contribution in [2.75, 3.05) is 31.6 Å². The Bertz CT molecular complexity index is 476. The number of carbonyl (C=O) groups is 1. The first-order chi connectivity index (χ1) is 10.2. The highest BCUT2D eigenvalue weighted by molar-refractivity contribution is 5.80. The van der Waals surface area contributed by atoms with Gasteiger partial charge in [0.05, 0.1) is 6.61 Å². The van der Waals surface area contributed by atoms with Crippen LogP contribution in [-0.4, -0.2) is 48.7 Å². The summed E-state index contributed by atoms with van der Waals surface area (Å²) in [4.78, 5) is 22.5. The summed E-state index contributed by atoms with van der Waals surface area (Å²) in [6.07, 6.45) is 7.33. The van der Waals surface area contributed by atoms with Gasteiger partial charge in [0.2, 0.25) is 11.9 Å². The fraction of sp³-hybridized carbons (Fsp3) is 0.667. The molecule has 1 spiro atoms. The predicted molar refractivity (Wildman–Crippen MR) is 79.0 cm³/mol. The van der Waals surface area contributed by atoms with Gasteiger partial charge in [-0.1, -0.05) is 0 Å². The molecule has 0 aliphatic carbocycles. The van der Waals surface area contributed by atoms with Crippen LogP contribution in [0.3, 0.4) is 0 Å². The molecule has 1 aromatic heterocycles. The van der Waals surface area contributed by atoms with Crippen molar-refractivity contribution in [3.63, 3.8) is 0 Å². The molecule has 1 aromatic rings. The van der Waals surface area contributed by atoms with E-state index in [9.17, 15) is 4.79 Å². The van der Waals surface area contributed by atoms with Gasteiger partial charge in [-0.25, -0.2) is 9.97 Å². The van der Waals surface area contributed by atoms with Crippen LogP contribution in [0.1, 0.15) is 25.7 Å². The second-order valence-corrected chi connectivity index (χ2v) is 5.99. The number of likely N-dealkylation sites (N-methyl/N-ethyl adjacent to an activating group) is 1. The van der Waals surface area contributed by atoms with E-state index >= 15 is 0 Å². The number of aromatic nitrogens is 2. The summed E-state index contributed by atoms with van der Waals surface area (Å²) in [6.45, 7) is 2.60. The standard InChI is InChI=1S/C15H22N4O2/c1-16-13(20)12-3-4-15(11-21-12)5-9-19(10-6-15)14-17-7-2-8-18-14/h2,7-8,12H,3-6,9-11H2,1H3,(H,16,20). The van der Waals surface area contributed by atoms with E-state index in [1.54, 1.807) is 19.4 Å². The van der Waals surface area contributed by atoms with E-state index < -0.39 is 0 Å². The van der Waals surface area contributed by atoms with Crippen molar-refractivity contribution in [2.45, 2.75) is 31.8 Å². The SMILES string of the molecule is CNC(=O)C1CCC2(CCN(c3ncccn3)CC2)CO1. The molecule has 1 N–H and O–H groups in total. The largest absolute Gasteiger partial charge is 0.368 e. The Labute approximate surface area is 124 Å². The summed E-state index contributed by atoms with van der Waals surface area (Å²) in [5, 5.41) is 2.67. The topological polar surface area (TPSA) is 67.4 Å². The molecule has 2 aliphatic rings. The average molecular weight is 290 g/mol. The summed E-state index contributed by atoms with van der Waals surface area (Å²) >= 11 is 0. The smallest absolute Gasteiger partial charge is 0.248 e. The van der Waals surface area contributed by atoms with Crippen molar-refractivity contribution in [3.05, 3.63) is 18.5 Å². The van der Waals surface area contributed by atoms with Gasteiger partial charge >= 0.3 is 0 Å². The fourth-order valence-corrected chi connectivity index (χ4v) is 3.27. The van der Waals surface area contributed by atoms with Gasteiger partial charge in [-0.05, 0) is 37.2 Å². The molecule has 0 saturated carbocycles. The van der Waals surface area contributed by atoms with Crippen molar-refractivity contribution in [2.24, 2.45) is 5.41 Å². The second kappa shape index (κ2) is 5.97. The van der Waals surface area contributed by atoms with Gasteiger partial charge in [-0.2, -0.15) is 0 Å². The maximum absolute atomic E-state index is 11.6. The molecule has 6 nitrogen and oxygen atoms in total. The van der Waals surface area contributed by atoms with Crippen molar-refractivity contribution < 1.29 is 9.53 Å². The molecule has 3 rings (SSSR count). The maximum Gasteiger partial charge on any atom is 0.248 e. The molecule has 6 heteroatoms. The van der Waals surface area contributed by atoms with Crippen LogP contribution in [0.25, 0.3) is 0 Å². The Hall–Kier alpha value is -1.69. The van der Waals surface area contributed by atoms with Crippen LogP contribution in [0.15, 0.2) is 18.5 Å². The monoisotopic (exact) mass is 290 g/mol. The molecular formula is C15H22N4O2. The van der Waals surface area contributed by atoms with E-state index in [2.05, 4.69) is 20.2 Å². The van der Waals surface area contributed by atoms with Crippen LogP contribution in [0.5, 0.6) is 0 Å². The third kappa shape index (κ3) is 3.00. The average Bonchev–Trinajstić information content (AvgIpc) is 2.56. The lowest BCUT2D eigenvalue weighted by Crippen LogP contribution is -2.48. The Balaban J connectivity index is 1.55. The van der Waals surface area contributed by atoms with Crippen LogP contribution >= 0.6 is 0 Å². The maximum atomic E-state index is 11.6. The Morgan fingerprint density at radius 2 is 2.05 bits per heavy atom. The van der Waals surface area contributed by atoms with E-state index in [-0.39, 0.29) is 17.4 Å². The molecule has 3 heterocycles. The quantitative estimate of drug-likeness (QED) is 0.879. The zero-order valence-electron chi connectivity index (χ0n) is 12.4. The van der Waals surface area contributed by atoms with Gasteiger partial charge in [-0.3, -0.25) is 4.79 Å². The highest BCUT2D eigenvalue weighted by Gasteiger charge is 2.40. The molecule has 0 aromatic carbocycles. The lowest BCUT2D eigenvalue weighted by Gasteiger charge is -2.45. The highest BCUT2D eigenvalue weighted by atomic mass is 16.5. The second-order valence-electron chi connectivity index (χ2n) is 5.99. The first-order valence-electron chi connectivity index (χ1n) is 7.58. The number of ether oxygens (including phenoxy) is 1. The number of anilines is 1. The first kappa shape index (κ1) is 14.3. The third-order valence-electron chi connectivity index (χ3n) is 4.73. The first-order valence-corrected chi connectivity index (χ1v) is 7.58. The van der Waals surface area contributed by atoms with E-state index in [1.165, 1.54) is 0 Å². The molecule has 0 radical (unpaired) electrons. The summed E-state index contributed by atoms with van der Waals surface area (Å²) in [6, 6.07) is 1.84. The van der Waals surface area contributed by atoms with Gasteiger partial charge in [0.15, 0.2) is 0 Å². The van der Waals surface area contributed by atoms with Crippen LogP contribution in [0.2, 0.25) is 0 Å². The van der Waals surface area contributed by atoms with Crippen LogP contribution in [0, 0.1) is 5.41 Å². The Morgan fingerprint density at radius 1 is 1.33 bits per heavy atom. The molecule has 1 atom stereocenters. The highest BCUT2D eigenvalue weighted by Crippen LogP contribution is 2.40. The number of hydrogen-bond acceptors (Lipinski definition) is 5. The minimum Gasteiger partial charge on any atom is -0.368 e. The van der Waals surface area contributed by atoms with E-state index in [0.717, 1.165) is 44.7 Å². The molecule has 114 valence electrons. The molecular weight excluding hydrogens is 268 g/mol. The van der Waals surface area contributed by atoms with Gasteiger partial charge < -0.3 is 15.0 Å². The zero-order chi connectivity index (χ0) is 14.7. The lowest BCUT2D eigenvalue weighted by molar-refractivity contribution is -0.142. The minimum absolute atomic E-state index is 0.0000264. The third-order valence-corrected chi connectivity index (χ3v) is 4.73. The normalized spacial score (nSPS) is 24.8. The molecule has 1 unspecified atom stereocenters. The van der Waals surface area contributed by atoms with E-state index in [0.29, 0.717) is 6.61 Å². The summed E-state index contributed by atoms with van der Waals surface area (Å²) in [5.74, 6) is 0.812. The molecule has 2 fully saturated rings. The number of amides is 1. The number of nitrogens with one attached hydrogen (secondary N) is 1. The Kier molecular flexibility index (Phi) is 4.05. The lowest BCUT2D eigenvalue weighted by atomic mass is 9.73. The van der Waals surface area contributed by atoms with Crippen LogP contribution in [-0.2, 0) is 9.53 Å². The molecule has 2 saturated heterocycles. The van der Waals surface area contributed by atoms with Crippen molar-refractivity contribution in [3.8, 4) is 0 Å². The van der Waals surface area contributed by atoms with Gasteiger partial charge in [0.1, 0.15) is 6.10 Å². The number of rotatable bonds is 2. The number of hydrogen-bond donors (Lipinski definition) is 1. The van der Waals surface area contributed by atoms with Gasteiger partial charge in [-0.15, -0.1) is 0 Å².